The van der Waals surface area contributed by atoms with Gasteiger partial charge in [0.25, 0.3) is 5.69 Å². The molecule has 3 rings (SSSR count). The lowest BCUT2D eigenvalue weighted by Crippen LogP contribution is -1.97. The highest BCUT2D eigenvalue weighted by molar-refractivity contribution is 5.66. The van der Waals surface area contributed by atoms with Gasteiger partial charge in [-0.2, -0.15) is 0 Å². The van der Waals surface area contributed by atoms with Crippen molar-refractivity contribution in [2.24, 2.45) is 0 Å². The molecule has 0 unspecified atom stereocenters. The summed E-state index contributed by atoms with van der Waals surface area (Å²) >= 11 is 0. The fraction of sp³-hybridized carbons (Fsp3) is 0.100. The molecule has 0 aliphatic carbocycles. The maximum Gasteiger partial charge on any atom is 0.318 e. The zero-order valence-electron chi connectivity index (χ0n) is 14.7. The summed E-state index contributed by atoms with van der Waals surface area (Å²) in [6.07, 6.45) is 0. The number of nitrogens with zero attached hydrogens (tertiary/aromatic N) is 2. The summed E-state index contributed by atoms with van der Waals surface area (Å²) in [5, 5.41) is 22.1. The van der Waals surface area contributed by atoms with Crippen LogP contribution in [0, 0.1) is 34.1 Å². The first-order valence-electron chi connectivity index (χ1n) is 8.13. The Morgan fingerprint density at radius 3 is 2.11 bits per heavy atom. The molecule has 7 nitrogen and oxygen atoms in total. The first-order chi connectivity index (χ1) is 12.8. The monoisotopic (exact) mass is 364 g/mol. The third kappa shape index (κ3) is 3.92. The van der Waals surface area contributed by atoms with Crippen LogP contribution in [0.15, 0.2) is 60.7 Å². The minimum absolute atomic E-state index is 0.0444. The summed E-state index contributed by atoms with van der Waals surface area (Å²) in [7, 11) is 0. The van der Waals surface area contributed by atoms with Crippen LogP contribution in [0.1, 0.15) is 11.1 Å². The first-order valence-corrected chi connectivity index (χ1v) is 8.13. The van der Waals surface area contributed by atoms with Gasteiger partial charge in [-0.15, -0.1) is 0 Å². The fourth-order valence-corrected chi connectivity index (χ4v) is 2.73. The largest absolute Gasteiger partial charge is 0.450 e. The van der Waals surface area contributed by atoms with Crippen molar-refractivity contribution in [1.82, 2.24) is 0 Å². The molecule has 0 N–H and O–H groups in total. The Bertz CT molecular complexity index is 1050. The second-order valence-electron chi connectivity index (χ2n) is 6.12. The van der Waals surface area contributed by atoms with Crippen molar-refractivity contribution in [2.75, 3.05) is 0 Å². The molecule has 0 radical (unpaired) electrons. The average Bonchev–Trinajstić information content (AvgIpc) is 2.63. The van der Waals surface area contributed by atoms with Gasteiger partial charge in [0.1, 0.15) is 5.75 Å². The first kappa shape index (κ1) is 18.1. The van der Waals surface area contributed by atoms with E-state index in [-0.39, 0.29) is 11.4 Å². The van der Waals surface area contributed by atoms with Crippen LogP contribution >= 0.6 is 0 Å². The molecule has 0 bridgehead atoms. The molecule has 0 aliphatic rings. The van der Waals surface area contributed by atoms with E-state index in [2.05, 4.69) is 6.07 Å². The van der Waals surface area contributed by atoms with Crippen LogP contribution in [0.2, 0.25) is 0 Å². The topological polar surface area (TPSA) is 95.5 Å². The van der Waals surface area contributed by atoms with Crippen molar-refractivity contribution >= 4 is 11.4 Å². The van der Waals surface area contributed by atoms with Gasteiger partial charge in [-0.25, -0.2) is 0 Å². The fourth-order valence-electron chi connectivity index (χ4n) is 2.73. The number of ether oxygens (including phenoxy) is 1. The quantitative estimate of drug-likeness (QED) is 0.435. The van der Waals surface area contributed by atoms with E-state index in [1.54, 1.807) is 6.07 Å². The molecule has 0 heterocycles. The molecule has 0 fully saturated rings. The van der Waals surface area contributed by atoms with E-state index in [9.17, 15) is 20.2 Å². The molecule has 3 aromatic rings. The Hall–Kier alpha value is -3.74. The highest BCUT2D eigenvalue weighted by Crippen LogP contribution is 2.36. The molecule has 136 valence electrons. The van der Waals surface area contributed by atoms with E-state index >= 15 is 0 Å². The maximum absolute atomic E-state index is 11.2. The summed E-state index contributed by atoms with van der Waals surface area (Å²) < 4.78 is 5.69. The Kier molecular flexibility index (Phi) is 4.85. The van der Waals surface area contributed by atoms with E-state index in [4.69, 9.17) is 4.74 Å². The molecular formula is C20H16N2O5. The van der Waals surface area contributed by atoms with E-state index in [0.717, 1.165) is 28.3 Å². The zero-order chi connectivity index (χ0) is 19.6. The summed E-state index contributed by atoms with van der Waals surface area (Å²) in [6.45, 7) is 3.85. The normalized spacial score (nSPS) is 10.4. The van der Waals surface area contributed by atoms with Gasteiger partial charge in [0.2, 0.25) is 5.75 Å². The molecule has 0 atom stereocenters. The lowest BCUT2D eigenvalue weighted by atomic mass is 10.0. The van der Waals surface area contributed by atoms with Crippen LogP contribution in [0.25, 0.3) is 11.1 Å². The van der Waals surface area contributed by atoms with Crippen molar-refractivity contribution in [3.63, 3.8) is 0 Å². The van der Waals surface area contributed by atoms with Gasteiger partial charge in [-0.05, 0) is 48.7 Å². The predicted octanol–water partition coefficient (Wildman–Crippen LogP) is 5.58. The van der Waals surface area contributed by atoms with Gasteiger partial charge >= 0.3 is 5.69 Å². The summed E-state index contributed by atoms with van der Waals surface area (Å²) in [6, 6.07) is 16.9. The molecule has 0 aliphatic heterocycles. The van der Waals surface area contributed by atoms with Crippen LogP contribution in [0.3, 0.4) is 0 Å². The molecule has 0 aromatic heterocycles. The van der Waals surface area contributed by atoms with E-state index in [1.165, 1.54) is 12.1 Å². The number of hydrogen-bond acceptors (Lipinski definition) is 5. The van der Waals surface area contributed by atoms with Gasteiger partial charge < -0.3 is 4.74 Å². The number of benzene rings is 3. The Morgan fingerprint density at radius 2 is 1.48 bits per heavy atom. The number of aryl methyl sites for hydroxylation is 2. The molecule has 27 heavy (non-hydrogen) atoms. The molecule has 0 amide bonds. The highest BCUT2D eigenvalue weighted by atomic mass is 16.6. The number of nitro benzene ring substituents is 2. The Morgan fingerprint density at radius 1 is 0.778 bits per heavy atom. The summed E-state index contributed by atoms with van der Waals surface area (Å²) in [5.41, 5.74) is 3.19. The molecule has 0 saturated heterocycles. The summed E-state index contributed by atoms with van der Waals surface area (Å²) in [5.74, 6) is 0.403. The molecule has 0 spiro atoms. The Labute approximate surface area is 155 Å². The lowest BCUT2D eigenvalue weighted by molar-refractivity contribution is -0.394. The van der Waals surface area contributed by atoms with Crippen LogP contribution in [0.5, 0.6) is 11.5 Å². The van der Waals surface area contributed by atoms with Crippen LogP contribution in [-0.2, 0) is 0 Å². The van der Waals surface area contributed by atoms with E-state index in [1.807, 2.05) is 44.2 Å². The summed E-state index contributed by atoms with van der Waals surface area (Å²) in [4.78, 5) is 20.7. The SMILES string of the molecule is Cc1cccc(-c2ccc(Oc3ccc([N+](=O)[O-])cc3[N+](=O)[O-])c(C)c2)c1. The van der Waals surface area contributed by atoms with Crippen molar-refractivity contribution in [2.45, 2.75) is 13.8 Å². The molecule has 7 heteroatoms. The van der Waals surface area contributed by atoms with Gasteiger partial charge in [-0.3, -0.25) is 20.2 Å². The second-order valence-corrected chi connectivity index (χ2v) is 6.12. The number of non-ortho nitro benzene ring substituents is 1. The lowest BCUT2D eigenvalue weighted by Gasteiger charge is -2.11. The minimum atomic E-state index is -0.696. The highest BCUT2D eigenvalue weighted by Gasteiger charge is 2.21. The third-order valence-corrected chi connectivity index (χ3v) is 4.10. The van der Waals surface area contributed by atoms with Crippen LogP contribution in [0.4, 0.5) is 11.4 Å². The van der Waals surface area contributed by atoms with Crippen molar-refractivity contribution < 1.29 is 14.6 Å². The maximum atomic E-state index is 11.2. The minimum Gasteiger partial charge on any atom is -0.450 e. The Balaban J connectivity index is 1.94. The van der Waals surface area contributed by atoms with Crippen molar-refractivity contribution in [1.29, 1.82) is 0 Å². The average molecular weight is 364 g/mol. The van der Waals surface area contributed by atoms with E-state index in [0.29, 0.717) is 5.75 Å². The second kappa shape index (κ2) is 7.25. The van der Waals surface area contributed by atoms with Gasteiger partial charge in [-0.1, -0.05) is 35.9 Å². The van der Waals surface area contributed by atoms with Gasteiger partial charge in [0.15, 0.2) is 0 Å². The van der Waals surface area contributed by atoms with Gasteiger partial charge in [0, 0.05) is 6.07 Å². The van der Waals surface area contributed by atoms with E-state index < -0.39 is 15.5 Å². The number of rotatable bonds is 5. The molecular weight excluding hydrogens is 348 g/mol. The number of nitro groups is 2. The smallest absolute Gasteiger partial charge is 0.318 e. The van der Waals surface area contributed by atoms with Crippen LogP contribution < -0.4 is 4.74 Å². The standard InChI is InChI=1S/C20H16N2O5/c1-13-4-3-5-15(10-13)16-6-8-19(14(2)11-16)27-20-9-7-17(21(23)24)12-18(20)22(25)26/h3-12H,1-2H3. The number of hydrogen-bond donors (Lipinski definition) is 0. The van der Waals surface area contributed by atoms with Gasteiger partial charge in [0.05, 0.1) is 15.9 Å². The van der Waals surface area contributed by atoms with Crippen molar-refractivity contribution in [3.8, 4) is 22.6 Å². The van der Waals surface area contributed by atoms with Crippen LogP contribution in [-0.4, -0.2) is 9.85 Å². The predicted molar refractivity (Wildman–Crippen MR) is 101 cm³/mol. The molecule has 3 aromatic carbocycles. The third-order valence-electron chi connectivity index (χ3n) is 4.10. The zero-order valence-corrected chi connectivity index (χ0v) is 14.7. The van der Waals surface area contributed by atoms with Crippen molar-refractivity contribution in [3.05, 3.63) is 92.0 Å². The molecule has 0 saturated carbocycles.